The van der Waals surface area contributed by atoms with Crippen molar-refractivity contribution >= 4 is 17.3 Å². The van der Waals surface area contributed by atoms with E-state index in [1.807, 2.05) is 56.3 Å². The highest BCUT2D eigenvalue weighted by Crippen LogP contribution is 2.19. The predicted octanol–water partition coefficient (Wildman–Crippen LogP) is 3.24. The summed E-state index contributed by atoms with van der Waals surface area (Å²) in [7, 11) is 0. The minimum atomic E-state index is -0.0274. The monoisotopic (exact) mass is 254 g/mol. The number of para-hydroxylation sites is 1. The van der Waals surface area contributed by atoms with Crippen LogP contribution in [0.15, 0.2) is 48.5 Å². The first-order valence-corrected chi connectivity index (χ1v) is 6.36. The summed E-state index contributed by atoms with van der Waals surface area (Å²) in [5, 5.41) is 0. The van der Waals surface area contributed by atoms with E-state index in [9.17, 15) is 4.79 Å². The third-order valence-corrected chi connectivity index (χ3v) is 3.16. The van der Waals surface area contributed by atoms with Gasteiger partial charge in [-0.15, -0.1) is 0 Å². The number of nitrogens with two attached hydrogens (primary N) is 1. The van der Waals surface area contributed by atoms with Gasteiger partial charge in [0.25, 0.3) is 5.91 Å². The Kier molecular flexibility index (Phi) is 3.85. The Bertz CT molecular complexity index is 579. The van der Waals surface area contributed by atoms with E-state index in [2.05, 4.69) is 0 Å². The van der Waals surface area contributed by atoms with Crippen LogP contribution in [0.5, 0.6) is 0 Å². The number of nitrogen functional groups attached to an aromatic ring is 1. The maximum atomic E-state index is 12.5. The Morgan fingerprint density at radius 3 is 2.42 bits per heavy atom. The molecule has 0 aromatic heterocycles. The van der Waals surface area contributed by atoms with Crippen LogP contribution in [-0.2, 0) is 0 Å². The van der Waals surface area contributed by atoms with Gasteiger partial charge in [-0.3, -0.25) is 4.79 Å². The number of anilines is 2. The van der Waals surface area contributed by atoms with Crippen LogP contribution in [0, 0.1) is 6.92 Å². The highest BCUT2D eigenvalue weighted by atomic mass is 16.2. The molecule has 19 heavy (non-hydrogen) atoms. The van der Waals surface area contributed by atoms with Crippen molar-refractivity contribution in [3.05, 3.63) is 59.7 Å². The Morgan fingerprint density at radius 1 is 1.16 bits per heavy atom. The van der Waals surface area contributed by atoms with Crippen LogP contribution in [0.1, 0.15) is 22.8 Å². The van der Waals surface area contributed by atoms with Crippen molar-refractivity contribution in [2.75, 3.05) is 17.2 Å². The van der Waals surface area contributed by atoms with Crippen LogP contribution in [0.3, 0.4) is 0 Å². The molecule has 98 valence electrons. The van der Waals surface area contributed by atoms with Gasteiger partial charge in [-0.05, 0) is 43.7 Å². The first-order chi connectivity index (χ1) is 9.13. The van der Waals surface area contributed by atoms with Crippen LogP contribution in [0.4, 0.5) is 11.4 Å². The fraction of sp³-hybridized carbons (Fsp3) is 0.188. The van der Waals surface area contributed by atoms with Crippen LogP contribution < -0.4 is 10.6 Å². The van der Waals surface area contributed by atoms with Crippen molar-refractivity contribution < 1.29 is 4.79 Å². The number of nitrogens with zero attached hydrogens (tertiary/aromatic N) is 1. The summed E-state index contributed by atoms with van der Waals surface area (Å²) in [6.45, 7) is 4.51. The summed E-state index contributed by atoms with van der Waals surface area (Å²) in [5.74, 6) is -0.0274. The minimum Gasteiger partial charge on any atom is -0.398 e. The number of hydrogen-bond acceptors (Lipinski definition) is 2. The van der Waals surface area contributed by atoms with Crippen LogP contribution in [-0.4, -0.2) is 12.5 Å². The van der Waals surface area contributed by atoms with E-state index < -0.39 is 0 Å². The lowest BCUT2D eigenvalue weighted by Crippen LogP contribution is -2.30. The highest BCUT2D eigenvalue weighted by molar-refractivity contribution is 6.06. The molecule has 0 bridgehead atoms. The van der Waals surface area contributed by atoms with Crippen molar-refractivity contribution in [2.45, 2.75) is 13.8 Å². The van der Waals surface area contributed by atoms with Gasteiger partial charge in [-0.25, -0.2) is 0 Å². The Balaban J connectivity index is 2.33. The Morgan fingerprint density at radius 2 is 1.84 bits per heavy atom. The van der Waals surface area contributed by atoms with Gasteiger partial charge in [0.1, 0.15) is 0 Å². The zero-order chi connectivity index (χ0) is 13.8. The maximum Gasteiger partial charge on any atom is 0.258 e. The second-order valence-electron chi connectivity index (χ2n) is 4.46. The topological polar surface area (TPSA) is 46.3 Å². The van der Waals surface area contributed by atoms with Crippen LogP contribution in [0.2, 0.25) is 0 Å². The largest absolute Gasteiger partial charge is 0.398 e. The van der Waals surface area contributed by atoms with E-state index in [4.69, 9.17) is 5.73 Å². The molecule has 3 nitrogen and oxygen atoms in total. The van der Waals surface area contributed by atoms with Gasteiger partial charge < -0.3 is 10.6 Å². The summed E-state index contributed by atoms with van der Waals surface area (Å²) < 4.78 is 0. The lowest BCUT2D eigenvalue weighted by molar-refractivity contribution is 0.0988. The smallest absolute Gasteiger partial charge is 0.258 e. The van der Waals surface area contributed by atoms with Crippen LogP contribution >= 0.6 is 0 Å². The molecule has 2 rings (SSSR count). The number of amides is 1. The molecule has 3 heteroatoms. The third-order valence-electron chi connectivity index (χ3n) is 3.16. The number of carbonyl (C=O) groups is 1. The summed E-state index contributed by atoms with van der Waals surface area (Å²) in [5.41, 5.74) is 9.02. The minimum absolute atomic E-state index is 0.0274. The normalized spacial score (nSPS) is 10.2. The first kappa shape index (κ1) is 13.1. The fourth-order valence-electron chi connectivity index (χ4n) is 1.98. The van der Waals surface area contributed by atoms with Gasteiger partial charge in [0.05, 0.1) is 0 Å². The fourth-order valence-corrected chi connectivity index (χ4v) is 1.98. The summed E-state index contributed by atoms with van der Waals surface area (Å²) in [6.07, 6.45) is 0. The van der Waals surface area contributed by atoms with E-state index >= 15 is 0 Å². The van der Waals surface area contributed by atoms with Gasteiger partial charge in [-0.1, -0.05) is 24.3 Å². The van der Waals surface area contributed by atoms with E-state index in [-0.39, 0.29) is 5.91 Å². The second-order valence-corrected chi connectivity index (χ2v) is 4.46. The first-order valence-electron chi connectivity index (χ1n) is 6.36. The van der Waals surface area contributed by atoms with Gasteiger partial charge >= 0.3 is 0 Å². The van der Waals surface area contributed by atoms with Crippen molar-refractivity contribution in [3.8, 4) is 0 Å². The number of benzene rings is 2. The molecule has 0 spiro atoms. The number of hydrogen-bond donors (Lipinski definition) is 1. The quantitative estimate of drug-likeness (QED) is 0.855. The van der Waals surface area contributed by atoms with Crippen LogP contribution in [0.25, 0.3) is 0 Å². The van der Waals surface area contributed by atoms with Crippen molar-refractivity contribution in [1.82, 2.24) is 0 Å². The summed E-state index contributed by atoms with van der Waals surface area (Å²) in [4.78, 5) is 14.3. The summed E-state index contributed by atoms with van der Waals surface area (Å²) in [6, 6.07) is 15.1. The van der Waals surface area contributed by atoms with Crippen molar-refractivity contribution in [3.63, 3.8) is 0 Å². The molecule has 0 aliphatic heterocycles. The standard InChI is InChI=1S/C16H18N2O/c1-3-18(14-7-5-4-6-8-14)16(19)13-10-9-12(2)15(17)11-13/h4-11H,3,17H2,1-2H3. The maximum absolute atomic E-state index is 12.5. The molecule has 0 radical (unpaired) electrons. The molecule has 0 unspecified atom stereocenters. The summed E-state index contributed by atoms with van der Waals surface area (Å²) >= 11 is 0. The molecule has 0 saturated heterocycles. The zero-order valence-electron chi connectivity index (χ0n) is 11.3. The molecule has 0 aliphatic carbocycles. The predicted molar refractivity (Wildman–Crippen MR) is 79.4 cm³/mol. The number of carbonyl (C=O) groups excluding carboxylic acids is 1. The number of rotatable bonds is 3. The van der Waals surface area contributed by atoms with E-state index in [1.54, 1.807) is 11.0 Å². The van der Waals surface area contributed by atoms with Gasteiger partial charge in [0, 0.05) is 23.5 Å². The average molecular weight is 254 g/mol. The molecule has 0 aliphatic rings. The van der Waals surface area contributed by atoms with Gasteiger partial charge in [0.2, 0.25) is 0 Å². The molecule has 0 fully saturated rings. The molecule has 0 heterocycles. The Hall–Kier alpha value is -2.29. The van der Waals surface area contributed by atoms with E-state index in [0.717, 1.165) is 11.3 Å². The molecule has 2 N–H and O–H groups in total. The lowest BCUT2D eigenvalue weighted by atomic mass is 10.1. The molecule has 2 aromatic carbocycles. The van der Waals surface area contributed by atoms with Crippen molar-refractivity contribution in [1.29, 1.82) is 0 Å². The van der Waals surface area contributed by atoms with Crippen molar-refractivity contribution in [2.24, 2.45) is 0 Å². The molecular formula is C16H18N2O. The average Bonchev–Trinajstić information content (AvgIpc) is 2.44. The van der Waals surface area contributed by atoms with Gasteiger partial charge in [0.15, 0.2) is 0 Å². The third kappa shape index (κ3) is 2.76. The molecule has 1 amide bonds. The van der Waals surface area contributed by atoms with E-state index in [1.165, 1.54) is 0 Å². The second kappa shape index (κ2) is 5.57. The zero-order valence-corrected chi connectivity index (χ0v) is 11.3. The van der Waals surface area contributed by atoms with Gasteiger partial charge in [-0.2, -0.15) is 0 Å². The lowest BCUT2D eigenvalue weighted by Gasteiger charge is -2.21. The highest BCUT2D eigenvalue weighted by Gasteiger charge is 2.16. The number of aryl methyl sites for hydroxylation is 1. The molecule has 2 aromatic rings. The SMILES string of the molecule is CCN(C(=O)c1ccc(C)c(N)c1)c1ccccc1. The molecular weight excluding hydrogens is 236 g/mol. The Labute approximate surface area is 113 Å². The molecule has 0 saturated carbocycles. The molecule has 0 atom stereocenters. The van der Waals surface area contributed by atoms with E-state index in [0.29, 0.717) is 17.8 Å².